The molecule has 2 saturated heterocycles. The van der Waals surface area contributed by atoms with E-state index in [2.05, 4.69) is 106 Å². The van der Waals surface area contributed by atoms with E-state index in [9.17, 15) is 43.2 Å². The van der Waals surface area contributed by atoms with Crippen LogP contribution in [0.1, 0.15) is 152 Å². The highest BCUT2D eigenvalue weighted by Crippen LogP contribution is 2.71. The molecule has 2 spiro atoms. The van der Waals surface area contributed by atoms with Crippen LogP contribution in [0.3, 0.4) is 0 Å². The van der Waals surface area contributed by atoms with Gasteiger partial charge in [0.1, 0.15) is 43.2 Å². The molecule has 4 aliphatic heterocycles. The number of methoxy groups -OCH3 is 2. The molecular weight excluding hydrogens is 1610 g/mol. The number of hydrogen-bond donors (Lipinski definition) is 12. The second kappa shape index (κ2) is 41.9. The van der Waals surface area contributed by atoms with Crippen molar-refractivity contribution in [1.82, 2.24) is 66.6 Å². The number of amidine groups is 1. The topological polar surface area (TPSA) is 424 Å². The van der Waals surface area contributed by atoms with Gasteiger partial charge < -0.3 is 95.7 Å². The summed E-state index contributed by atoms with van der Waals surface area (Å²) in [5.41, 5.74) is 22.7. The lowest BCUT2D eigenvalue weighted by molar-refractivity contribution is -0.131. The summed E-state index contributed by atoms with van der Waals surface area (Å²) in [6, 6.07) is 18.6. The van der Waals surface area contributed by atoms with Crippen LogP contribution in [0, 0.1) is 16.2 Å². The van der Waals surface area contributed by atoms with Gasteiger partial charge in [-0.3, -0.25) is 60.2 Å². The lowest BCUT2D eigenvalue weighted by atomic mass is 9.44. The standard InChI is InChI=1S/C75H99N11O12.C15H30N6O4S/c1-72-31-29-49(65-74(72)33-39-83(3)58(72)42-47-21-27-55(92-7)63(97-65)61(47)74)44-60(88)85(5)38-13-16-54(87)52(14-9-11-35-76)81-70(95-51-25-19-46(20-26-51)69(90)94-50-23-17-45(18-24-50)67(78)79)82-53(15-10-12-36-77)68(89)80-37-41-86(6)71(91)96-57-30-32-73(2)59-43-48-22-28-56(93-8)64-62(48)75(73,66(57)98-64)34-40-84(59)4;1-11(13(24)16-5-7-20(3)9-22)18-15(26)19-12(2)14(25)17-6-8-21(4)10-23/h17-30,52-53,58-59,65-66,70,81-82H,9-16,31-44,76-77H2,1-8H3,(H3,78,79)(H,80,89);9-12,15,18-19,26H,5-8H2,1-4H3,(H,16,24)(H,17,25)/t52-,53+,58+,59+,65-,66-,70?,72-,73-,74-,75-;11-,12+,15?/m0./s1/i;9D,10D. The van der Waals surface area contributed by atoms with Crippen molar-refractivity contribution in [3.8, 4) is 34.5 Å². The average molecular weight is 1740 g/mol. The quantitative estimate of drug-likeness (QED) is 0.00333. The molecule has 124 heavy (non-hydrogen) atoms. The Balaban J connectivity index is 0.000000472. The maximum Gasteiger partial charge on any atom is 0.414 e. The van der Waals surface area contributed by atoms with Gasteiger partial charge in [-0.05, 0) is 208 Å². The number of likely N-dealkylation sites (N-methyl/N-ethyl adjacent to an activating group) is 5. The Morgan fingerprint density at radius 2 is 1.11 bits per heavy atom. The summed E-state index contributed by atoms with van der Waals surface area (Å²) in [5, 5.41) is 28.6. The van der Waals surface area contributed by atoms with E-state index in [1.807, 2.05) is 18.2 Å². The van der Waals surface area contributed by atoms with Crippen LogP contribution in [0.2, 0.25) is 0 Å². The number of nitrogens with two attached hydrogens (primary N) is 3. The van der Waals surface area contributed by atoms with Crippen molar-refractivity contribution in [3.05, 3.63) is 130 Å². The highest BCUT2D eigenvalue weighted by atomic mass is 32.1. The van der Waals surface area contributed by atoms with Gasteiger partial charge in [0.2, 0.25) is 42.8 Å². The van der Waals surface area contributed by atoms with Crippen molar-refractivity contribution >= 4 is 72.7 Å². The first-order valence-corrected chi connectivity index (χ1v) is 43.7. The SMILES string of the molecule is COc1ccc2c3c1O[C@H]1C(CC(=O)N(C)CCCC(=O)[C@H](CCCCN)NC(N[C@H](CCCCN)C(=O)NCCN(C)C(=O)OC4=CC[C@@]5(C)[C@H]6Cc7ccc(OC)c8c7[C@@]5(CCN6C)[C@H]4O8)Oc4ccc(C(=O)Oc5ccc(C(=N)N)cc5)cc4)=CC[C@@]4(C)[C@@H](C2)N(C)CC[C@]314.[2H]C(=O)N(C)CCNC(=O)[C@H](C)NC(S)N[C@H](C)C(=O)NCCN(C)C([2H])=O. The number of nitrogens with zero attached hydrogens (tertiary/aromatic N) is 6. The monoisotopic (exact) mass is 1740 g/mol. The van der Waals surface area contributed by atoms with Crippen molar-refractivity contribution in [1.29, 1.82) is 5.41 Å². The Hall–Kier alpha value is -9.91. The predicted molar refractivity (Wildman–Crippen MR) is 472 cm³/mol. The summed E-state index contributed by atoms with van der Waals surface area (Å²) < 4.78 is 58.0. The molecule has 34 heteroatoms. The minimum absolute atomic E-state index is 0.0575. The number of likely N-dealkylation sites (tertiary alicyclic amines) is 2. The lowest BCUT2D eigenvalue weighted by Crippen LogP contribution is -2.69. The third-order valence-corrected chi connectivity index (χ3v) is 27.0. The van der Waals surface area contributed by atoms with Crippen molar-refractivity contribution in [3.63, 3.8) is 0 Å². The van der Waals surface area contributed by atoms with E-state index in [4.69, 9.17) is 58.5 Å². The molecule has 4 aromatic carbocycles. The zero-order valence-electron chi connectivity index (χ0n) is 75.6. The van der Waals surface area contributed by atoms with Gasteiger partial charge in [-0.25, -0.2) is 9.59 Å². The van der Waals surface area contributed by atoms with Gasteiger partial charge in [-0.1, -0.05) is 44.9 Å². The lowest BCUT2D eigenvalue weighted by Gasteiger charge is -2.63. The minimum Gasteiger partial charge on any atom is -0.493 e. The number of esters is 1. The second-order valence-corrected chi connectivity index (χ2v) is 35.0. The maximum atomic E-state index is 14.7. The van der Waals surface area contributed by atoms with Gasteiger partial charge in [0.25, 0.3) is 0 Å². The first-order valence-electron chi connectivity index (χ1n) is 44.1. The minimum atomic E-state index is -1.15. The molecule has 7 amide bonds. The molecule has 33 nitrogen and oxygen atoms in total. The van der Waals surface area contributed by atoms with E-state index in [0.29, 0.717) is 99.9 Å². The van der Waals surface area contributed by atoms with E-state index in [-0.39, 0.29) is 127 Å². The molecule has 0 aromatic heterocycles. The number of carbonyl (C=O) groups is 9. The van der Waals surface area contributed by atoms with Crippen LogP contribution < -0.4 is 82.8 Å². The summed E-state index contributed by atoms with van der Waals surface area (Å²) in [5.74, 6) is 2.02. The Morgan fingerprint density at radius 1 is 0.621 bits per heavy atom. The number of thiol groups is 1. The second-order valence-electron chi connectivity index (χ2n) is 34.5. The van der Waals surface area contributed by atoms with Crippen molar-refractivity contribution in [2.45, 2.75) is 195 Å². The number of nitrogens with one attached hydrogen (secondary N) is 8. The zero-order valence-corrected chi connectivity index (χ0v) is 74.5. The van der Waals surface area contributed by atoms with Crippen LogP contribution in [-0.4, -0.2) is 278 Å². The number of amides is 7. The van der Waals surface area contributed by atoms with Crippen molar-refractivity contribution < 1.29 is 79.1 Å². The summed E-state index contributed by atoms with van der Waals surface area (Å²) in [4.78, 5) is 127. The molecule has 0 radical (unpaired) electrons. The third kappa shape index (κ3) is 20.4. The number of hydrogen-bond acceptors (Lipinski definition) is 26. The molecule has 12 rings (SSSR count). The fourth-order valence-electron chi connectivity index (χ4n) is 19.6. The molecular formula is C90H129N17O16S. The number of Topliss-reactive ketones (excluding diaryl/α,β-unsaturated/α-hetero) is 1. The van der Waals surface area contributed by atoms with Gasteiger partial charge in [0.15, 0.2) is 29.1 Å². The number of nitrogen functional groups attached to an aromatic ring is 1. The van der Waals surface area contributed by atoms with E-state index in [1.54, 1.807) is 95.6 Å². The van der Waals surface area contributed by atoms with Crippen LogP contribution in [0.5, 0.6) is 34.5 Å². The predicted octanol–water partition coefficient (Wildman–Crippen LogP) is 4.54. The molecule has 4 aliphatic carbocycles. The van der Waals surface area contributed by atoms with Gasteiger partial charge >= 0.3 is 12.1 Å². The Kier molecular flexibility index (Phi) is 31.0. The Labute approximate surface area is 736 Å². The number of allylic oxidation sites excluding steroid dienone is 2. The summed E-state index contributed by atoms with van der Waals surface area (Å²) >= 11 is 4.26. The highest BCUT2D eigenvalue weighted by Gasteiger charge is 2.72. The molecule has 4 aromatic rings. The molecule has 2 fully saturated rings. The molecule has 4 heterocycles. The van der Waals surface area contributed by atoms with Crippen LogP contribution in [0.15, 0.2) is 96.3 Å². The normalized spacial score (nSPS) is 23.6. The number of unbranched alkanes of at least 4 members (excludes halogenated alkanes) is 2. The van der Waals surface area contributed by atoms with E-state index in [0.717, 1.165) is 68.0 Å². The summed E-state index contributed by atoms with van der Waals surface area (Å²) in [6.45, 7) is 12.0. The van der Waals surface area contributed by atoms with Crippen molar-refractivity contribution in [2.24, 2.45) is 28.0 Å². The van der Waals surface area contributed by atoms with E-state index < -0.39 is 72.4 Å². The maximum absolute atomic E-state index is 14.7. The van der Waals surface area contributed by atoms with E-state index in [1.165, 1.54) is 51.0 Å². The number of carbonyl (C=O) groups excluding carboxylic acids is 9. The molecule has 14 N–H and O–H groups in total. The number of ether oxygens (including phenoxy) is 7. The summed E-state index contributed by atoms with van der Waals surface area (Å²) in [6.07, 6.45) is 9.01. The van der Waals surface area contributed by atoms with Crippen LogP contribution in [0.25, 0.3) is 0 Å². The number of piperidine rings is 2. The first-order chi connectivity index (χ1) is 60.1. The Bertz CT molecular complexity index is 4460. The third-order valence-electron chi connectivity index (χ3n) is 26.7. The molecule has 8 aliphatic rings. The molecule has 2 unspecified atom stereocenters. The largest absolute Gasteiger partial charge is 0.493 e. The van der Waals surface area contributed by atoms with Crippen LogP contribution in [0.4, 0.5) is 4.79 Å². The van der Waals surface area contributed by atoms with Gasteiger partial charge in [0, 0.05) is 125 Å². The summed E-state index contributed by atoms with van der Waals surface area (Å²) in [7, 11) is 14.1. The van der Waals surface area contributed by atoms with Gasteiger partial charge in [-0.15, -0.1) is 12.6 Å². The molecule has 0 saturated carbocycles. The fraction of sp³-hybridized carbons (Fsp3) is 0.578. The number of ketones is 1. The smallest absolute Gasteiger partial charge is 0.414 e. The number of benzene rings is 4. The average Bonchev–Trinajstić information content (AvgIpc) is 1.47. The highest BCUT2D eigenvalue weighted by molar-refractivity contribution is 7.80. The van der Waals surface area contributed by atoms with E-state index >= 15 is 0 Å². The number of rotatable bonds is 43. The van der Waals surface area contributed by atoms with Gasteiger partial charge in [0.05, 0.1) is 55.8 Å². The Morgan fingerprint density at radius 3 is 1.65 bits per heavy atom. The first kappa shape index (κ1) is 91.8. The zero-order chi connectivity index (χ0) is 91.3. The molecule has 14 atom stereocenters. The van der Waals surface area contributed by atoms with Crippen LogP contribution >= 0.6 is 12.6 Å². The molecule has 676 valence electrons. The van der Waals surface area contributed by atoms with Crippen LogP contribution in [-0.2, 0) is 62.0 Å². The fourth-order valence-corrected chi connectivity index (χ4v) is 20.1. The van der Waals surface area contributed by atoms with Crippen molar-refractivity contribution in [2.75, 3.05) is 128 Å². The molecule has 4 bridgehead atoms. The van der Waals surface area contributed by atoms with Gasteiger partial charge in [-0.2, -0.15) is 0 Å².